The van der Waals surface area contributed by atoms with E-state index in [1.807, 2.05) is 12.1 Å². The van der Waals surface area contributed by atoms with Crippen LogP contribution >= 0.6 is 0 Å². The molecule has 1 unspecified atom stereocenters. The Hall–Kier alpha value is -4.37. The number of ether oxygens (including phenoxy) is 2. The fraction of sp³-hybridized carbons (Fsp3) is 0.250. The molecular weight excluding hydrogens is 468 g/mol. The van der Waals surface area contributed by atoms with Gasteiger partial charge in [-0.25, -0.2) is 9.97 Å². The number of amides is 1. The van der Waals surface area contributed by atoms with Crippen molar-refractivity contribution in [2.24, 2.45) is 5.73 Å². The minimum atomic E-state index is -0.651. The van der Waals surface area contributed by atoms with Crippen molar-refractivity contribution >= 4 is 39.7 Å². The second-order valence-electron chi connectivity index (χ2n) is 9.12. The lowest BCUT2D eigenvalue weighted by atomic mass is 9.99. The third-order valence-corrected chi connectivity index (χ3v) is 7.05. The molecule has 2 aromatic carbocycles. The van der Waals surface area contributed by atoms with E-state index >= 15 is 0 Å². The lowest BCUT2D eigenvalue weighted by molar-refractivity contribution is -0.112. The van der Waals surface area contributed by atoms with Gasteiger partial charge in [0, 0.05) is 64.4 Å². The standard InChI is InChI=1S/C28H30N6O3/c1-15(27(30)35)19-13-21(26(37-4)16(2)25(19)29)33-28-31-12-11-20(32-28)24-18-7-5-6-8-22(18)34-14-17(36-3)9-10-23(24)34/h5-8,11-13,17H,1,9-10,14,29H2,2-4H3,(H2,30,35)(H,31,32,33). The lowest BCUT2D eigenvalue weighted by Gasteiger charge is -2.25. The van der Waals surface area contributed by atoms with Gasteiger partial charge in [0.2, 0.25) is 11.9 Å². The lowest BCUT2D eigenvalue weighted by Crippen LogP contribution is -2.26. The minimum absolute atomic E-state index is 0.113. The van der Waals surface area contributed by atoms with Gasteiger partial charge in [0.25, 0.3) is 0 Å². The Morgan fingerprint density at radius 1 is 1.24 bits per heavy atom. The Kier molecular flexibility index (Phi) is 6.31. The van der Waals surface area contributed by atoms with Gasteiger partial charge in [-0.1, -0.05) is 24.8 Å². The highest BCUT2D eigenvalue weighted by atomic mass is 16.5. The van der Waals surface area contributed by atoms with Gasteiger partial charge in [0.1, 0.15) is 5.75 Å². The molecule has 1 amide bonds. The van der Waals surface area contributed by atoms with E-state index in [2.05, 4.69) is 39.6 Å². The fourth-order valence-corrected chi connectivity index (χ4v) is 5.13. The topological polar surface area (TPSA) is 130 Å². The number of para-hydroxylation sites is 1. The van der Waals surface area contributed by atoms with E-state index in [0.29, 0.717) is 34.2 Å². The molecule has 9 nitrogen and oxygen atoms in total. The number of rotatable bonds is 7. The largest absolute Gasteiger partial charge is 0.494 e. The van der Waals surface area contributed by atoms with E-state index in [-0.39, 0.29) is 11.7 Å². The van der Waals surface area contributed by atoms with Crippen molar-refractivity contribution in [1.82, 2.24) is 14.5 Å². The minimum Gasteiger partial charge on any atom is -0.494 e. The molecule has 0 bridgehead atoms. The van der Waals surface area contributed by atoms with Crippen molar-refractivity contribution in [2.45, 2.75) is 32.4 Å². The number of nitrogen functional groups attached to an aromatic ring is 1. The van der Waals surface area contributed by atoms with Crippen LogP contribution in [0.25, 0.3) is 27.7 Å². The van der Waals surface area contributed by atoms with E-state index < -0.39 is 5.91 Å². The molecule has 0 saturated heterocycles. The van der Waals surface area contributed by atoms with E-state index in [1.54, 1.807) is 33.4 Å². The summed E-state index contributed by atoms with van der Waals surface area (Å²) >= 11 is 0. The third kappa shape index (κ3) is 4.17. The number of carbonyl (C=O) groups excluding carboxylic acids is 1. The Bertz CT molecular complexity index is 1540. The van der Waals surface area contributed by atoms with Crippen molar-refractivity contribution < 1.29 is 14.3 Å². The molecule has 2 aromatic heterocycles. The van der Waals surface area contributed by atoms with Crippen molar-refractivity contribution in [3.8, 4) is 17.0 Å². The quantitative estimate of drug-likeness (QED) is 0.257. The maximum absolute atomic E-state index is 11.8. The zero-order valence-electron chi connectivity index (χ0n) is 21.2. The number of nitrogens with two attached hydrogens (primary N) is 2. The monoisotopic (exact) mass is 498 g/mol. The van der Waals surface area contributed by atoms with E-state index in [1.165, 1.54) is 5.69 Å². The third-order valence-electron chi connectivity index (χ3n) is 7.05. The summed E-state index contributed by atoms with van der Waals surface area (Å²) in [7, 11) is 3.32. The molecule has 1 aliphatic rings. The molecule has 9 heteroatoms. The summed E-state index contributed by atoms with van der Waals surface area (Å²) in [6.07, 6.45) is 3.75. The van der Waals surface area contributed by atoms with Crippen LogP contribution in [0.4, 0.5) is 17.3 Å². The number of primary amides is 1. The van der Waals surface area contributed by atoms with Crippen LogP contribution in [-0.4, -0.2) is 40.8 Å². The van der Waals surface area contributed by atoms with Gasteiger partial charge in [0.05, 0.1) is 24.6 Å². The van der Waals surface area contributed by atoms with Crippen molar-refractivity contribution in [2.75, 3.05) is 25.3 Å². The number of nitrogens with one attached hydrogen (secondary N) is 1. The number of nitrogens with zero attached hydrogens (tertiary/aromatic N) is 3. The number of aromatic nitrogens is 3. The highest BCUT2D eigenvalue weighted by molar-refractivity contribution is 6.19. The van der Waals surface area contributed by atoms with Crippen molar-refractivity contribution in [1.29, 1.82) is 0 Å². The number of fused-ring (bicyclic) bond motifs is 3. The van der Waals surface area contributed by atoms with Crippen LogP contribution in [0.3, 0.4) is 0 Å². The van der Waals surface area contributed by atoms with Crippen LogP contribution in [0.2, 0.25) is 0 Å². The van der Waals surface area contributed by atoms with Crippen molar-refractivity contribution in [3.05, 3.63) is 66.0 Å². The van der Waals surface area contributed by atoms with E-state index in [0.717, 1.165) is 41.5 Å². The van der Waals surface area contributed by atoms with Gasteiger partial charge in [-0.05, 0) is 38.0 Å². The van der Waals surface area contributed by atoms with Crippen LogP contribution in [0.5, 0.6) is 5.75 Å². The summed E-state index contributed by atoms with van der Waals surface area (Å²) in [5, 5.41) is 4.39. The summed E-state index contributed by atoms with van der Waals surface area (Å²) in [6, 6.07) is 12.0. The molecule has 4 aromatic rings. The summed E-state index contributed by atoms with van der Waals surface area (Å²) in [5.41, 5.74) is 18.2. The Morgan fingerprint density at radius 2 is 2.03 bits per heavy atom. The maximum Gasteiger partial charge on any atom is 0.248 e. The maximum atomic E-state index is 11.8. The SMILES string of the molecule is C=C(C(N)=O)c1cc(Nc2nccc(-c3c4n(c5ccccc35)CC(OC)CC4)n2)c(OC)c(C)c1N. The van der Waals surface area contributed by atoms with Gasteiger partial charge < -0.3 is 30.8 Å². The zero-order valence-corrected chi connectivity index (χ0v) is 21.2. The number of hydrogen-bond acceptors (Lipinski definition) is 7. The summed E-state index contributed by atoms with van der Waals surface area (Å²) in [4.78, 5) is 21.1. The first-order valence-corrected chi connectivity index (χ1v) is 12.0. The van der Waals surface area contributed by atoms with Gasteiger partial charge >= 0.3 is 0 Å². The Balaban J connectivity index is 1.60. The van der Waals surface area contributed by atoms with Gasteiger partial charge in [-0.15, -0.1) is 0 Å². The van der Waals surface area contributed by atoms with Gasteiger partial charge in [0.15, 0.2) is 0 Å². The Morgan fingerprint density at radius 3 is 2.76 bits per heavy atom. The first-order valence-electron chi connectivity index (χ1n) is 12.0. The molecule has 37 heavy (non-hydrogen) atoms. The normalized spacial score (nSPS) is 14.8. The molecule has 0 aliphatic carbocycles. The van der Waals surface area contributed by atoms with Crippen LogP contribution in [0.15, 0.2) is 49.2 Å². The summed E-state index contributed by atoms with van der Waals surface area (Å²) in [6.45, 7) is 6.40. The smallest absolute Gasteiger partial charge is 0.248 e. The van der Waals surface area contributed by atoms with Crippen LogP contribution in [-0.2, 0) is 22.5 Å². The molecule has 190 valence electrons. The molecule has 1 atom stereocenters. The molecule has 0 spiro atoms. The second kappa shape index (κ2) is 9.59. The molecular formula is C28H30N6O3. The van der Waals surface area contributed by atoms with Gasteiger partial charge in [-0.2, -0.15) is 0 Å². The number of methoxy groups -OCH3 is 2. The first-order chi connectivity index (χ1) is 17.8. The van der Waals surface area contributed by atoms with Crippen LogP contribution < -0.4 is 21.5 Å². The number of carbonyl (C=O) groups is 1. The molecule has 5 N–H and O–H groups in total. The molecule has 5 rings (SSSR count). The second-order valence-corrected chi connectivity index (χ2v) is 9.12. The highest BCUT2D eigenvalue weighted by Gasteiger charge is 2.26. The Labute approximate surface area is 215 Å². The molecule has 1 aliphatic heterocycles. The number of hydrogen-bond donors (Lipinski definition) is 3. The summed E-state index contributed by atoms with van der Waals surface area (Å²) in [5.74, 6) is 0.247. The summed E-state index contributed by atoms with van der Waals surface area (Å²) < 4.78 is 13.6. The van der Waals surface area contributed by atoms with Gasteiger partial charge in [-0.3, -0.25) is 4.79 Å². The fourth-order valence-electron chi connectivity index (χ4n) is 5.13. The predicted octanol–water partition coefficient (Wildman–Crippen LogP) is 4.20. The zero-order chi connectivity index (χ0) is 26.3. The average molecular weight is 499 g/mol. The van der Waals surface area contributed by atoms with E-state index in [4.69, 9.17) is 25.9 Å². The number of benzene rings is 2. The van der Waals surface area contributed by atoms with Crippen molar-refractivity contribution in [3.63, 3.8) is 0 Å². The first kappa shape index (κ1) is 24.3. The number of anilines is 3. The van der Waals surface area contributed by atoms with Crippen LogP contribution in [0.1, 0.15) is 23.2 Å². The van der Waals surface area contributed by atoms with E-state index in [9.17, 15) is 4.79 Å². The highest BCUT2D eigenvalue weighted by Crippen LogP contribution is 2.40. The van der Waals surface area contributed by atoms with Crippen LogP contribution in [0, 0.1) is 6.92 Å². The molecule has 0 saturated carbocycles. The molecule has 0 radical (unpaired) electrons. The molecule has 0 fully saturated rings. The average Bonchev–Trinajstić information content (AvgIpc) is 3.24. The predicted molar refractivity (Wildman–Crippen MR) is 146 cm³/mol. The molecule has 3 heterocycles.